The third kappa shape index (κ3) is 3.35. The summed E-state index contributed by atoms with van der Waals surface area (Å²) >= 11 is 0. The molecule has 19 heavy (non-hydrogen) atoms. The van der Waals surface area contributed by atoms with E-state index in [0.29, 0.717) is 5.69 Å². The fourth-order valence-electron chi connectivity index (χ4n) is 1.34. The minimum atomic E-state index is -0.641. The first kappa shape index (κ1) is 12.7. The van der Waals surface area contributed by atoms with Crippen molar-refractivity contribution in [2.24, 2.45) is 5.18 Å². The summed E-state index contributed by atoms with van der Waals surface area (Å²) in [4.78, 5) is 26.6. The smallest absolute Gasteiger partial charge is 0.338 e. The van der Waals surface area contributed by atoms with Gasteiger partial charge in [0.15, 0.2) is 0 Å². The Kier molecular flexibility index (Phi) is 3.82. The van der Waals surface area contributed by atoms with Gasteiger partial charge in [-0.2, -0.15) is 0 Å². The molecule has 0 heterocycles. The lowest BCUT2D eigenvalue weighted by molar-refractivity contribution is 0.0596. The largest absolute Gasteiger partial charge is 0.362 e. The summed E-state index contributed by atoms with van der Waals surface area (Å²) in [7, 11) is 0. The van der Waals surface area contributed by atoms with Crippen molar-refractivity contribution < 1.29 is 14.0 Å². The van der Waals surface area contributed by atoms with Gasteiger partial charge in [-0.05, 0) is 53.7 Å². The topological polar surface area (TPSA) is 67.8 Å². The molecular weight excluding hydrogens is 251 g/mol. The van der Waals surface area contributed by atoms with E-state index < -0.39 is 11.8 Å². The van der Waals surface area contributed by atoms with Crippen molar-refractivity contribution in [1.29, 1.82) is 0 Å². The van der Waals surface area contributed by atoms with E-state index in [4.69, 9.17) is 4.84 Å². The van der Waals surface area contributed by atoms with Crippen LogP contribution in [-0.2, 0) is 4.84 Å². The summed E-state index contributed by atoms with van der Waals surface area (Å²) in [6, 6.07) is 11.0. The highest BCUT2D eigenvalue weighted by Crippen LogP contribution is 2.16. The summed E-state index contributed by atoms with van der Waals surface area (Å²) < 4.78 is 12.7. The van der Waals surface area contributed by atoms with Gasteiger partial charge in [-0.3, -0.25) is 0 Å². The van der Waals surface area contributed by atoms with Crippen LogP contribution in [0.3, 0.4) is 0 Å². The van der Waals surface area contributed by atoms with Gasteiger partial charge in [0.1, 0.15) is 11.5 Å². The van der Waals surface area contributed by atoms with Gasteiger partial charge >= 0.3 is 5.97 Å². The Balaban J connectivity index is 1.96. The number of carbonyl (C=O) groups is 1. The molecule has 0 unspecified atom stereocenters. The number of hydrogen-bond donors (Lipinski definition) is 1. The van der Waals surface area contributed by atoms with E-state index in [9.17, 15) is 14.1 Å². The number of carbonyl (C=O) groups excluding carboxylic acids is 1. The fourth-order valence-corrected chi connectivity index (χ4v) is 1.34. The van der Waals surface area contributed by atoms with Crippen molar-refractivity contribution in [2.45, 2.75) is 0 Å². The molecule has 96 valence electrons. The number of benzene rings is 2. The summed E-state index contributed by atoms with van der Waals surface area (Å²) in [5.74, 6) is -1.07. The Morgan fingerprint density at radius 3 is 2.26 bits per heavy atom. The van der Waals surface area contributed by atoms with Crippen LogP contribution in [-0.4, -0.2) is 5.97 Å². The number of halogens is 1. The molecule has 2 rings (SSSR count). The van der Waals surface area contributed by atoms with Crippen molar-refractivity contribution in [2.75, 3.05) is 5.48 Å². The molecule has 2 aromatic carbocycles. The number of nitrogens with one attached hydrogen (secondary N) is 1. The third-order valence-electron chi connectivity index (χ3n) is 2.31. The normalized spacial score (nSPS) is 9.74. The summed E-state index contributed by atoms with van der Waals surface area (Å²) in [6.45, 7) is 0. The predicted octanol–water partition coefficient (Wildman–Crippen LogP) is 3.41. The van der Waals surface area contributed by atoms with Crippen LogP contribution >= 0.6 is 0 Å². The van der Waals surface area contributed by atoms with Crippen LogP contribution in [0.15, 0.2) is 53.7 Å². The second kappa shape index (κ2) is 5.72. The average molecular weight is 260 g/mol. The average Bonchev–Trinajstić information content (AvgIpc) is 2.46. The van der Waals surface area contributed by atoms with E-state index in [1.165, 1.54) is 48.5 Å². The molecule has 1 N–H and O–H groups in total. The summed E-state index contributed by atoms with van der Waals surface area (Å²) in [5.41, 5.74) is 3.41. The molecule has 0 aliphatic heterocycles. The van der Waals surface area contributed by atoms with Crippen molar-refractivity contribution >= 4 is 17.3 Å². The Bertz CT molecular complexity index is 582. The van der Waals surface area contributed by atoms with Gasteiger partial charge in [-0.25, -0.2) is 14.7 Å². The maximum Gasteiger partial charge on any atom is 0.362 e. The van der Waals surface area contributed by atoms with Crippen LogP contribution < -0.4 is 5.48 Å². The quantitative estimate of drug-likeness (QED) is 0.675. The maximum absolute atomic E-state index is 12.7. The molecule has 5 nitrogen and oxygen atoms in total. The van der Waals surface area contributed by atoms with Gasteiger partial charge < -0.3 is 4.84 Å². The zero-order valence-corrected chi connectivity index (χ0v) is 9.67. The van der Waals surface area contributed by atoms with E-state index in [0.717, 1.165) is 0 Å². The van der Waals surface area contributed by atoms with Crippen LogP contribution in [0, 0.1) is 10.7 Å². The fraction of sp³-hybridized carbons (Fsp3) is 0. The summed E-state index contributed by atoms with van der Waals surface area (Å²) in [6.07, 6.45) is 0. The van der Waals surface area contributed by atoms with Gasteiger partial charge in [-0.1, -0.05) is 0 Å². The van der Waals surface area contributed by atoms with Crippen molar-refractivity contribution in [3.8, 4) is 0 Å². The second-order valence-corrected chi connectivity index (χ2v) is 3.64. The van der Waals surface area contributed by atoms with E-state index in [-0.39, 0.29) is 11.3 Å². The number of rotatable bonds is 4. The molecule has 0 atom stereocenters. The van der Waals surface area contributed by atoms with Gasteiger partial charge in [0.2, 0.25) is 0 Å². The molecule has 0 radical (unpaired) electrons. The zero-order chi connectivity index (χ0) is 13.7. The SMILES string of the molecule is O=Nc1ccc(NOC(=O)c2ccc(F)cc2)cc1. The third-order valence-corrected chi connectivity index (χ3v) is 2.31. The van der Waals surface area contributed by atoms with Gasteiger partial charge in [-0.15, -0.1) is 4.91 Å². The van der Waals surface area contributed by atoms with Crippen LogP contribution in [0.4, 0.5) is 15.8 Å². The van der Waals surface area contributed by atoms with E-state index in [1.54, 1.807) is 0 Å². The monoisotopic (exact) mass is 260 g/mol. The number of nitroso groups, excluding NO2 is 1. The molecule has 2 aromatic rings. The first-order valence-corrected chi connectivity index (χ1v) is 5.35. The summed E-state index contributed by atoms with van der Waals surface area (Å²) in [5, 5.41) is 2.74. The lowest BCUT2D eigenvalue weighted by Gasteiger charge is -2.06. The first-order chi connectivity index (χ1) is 9.19. The lowest BCUT2D eigenvalue weighted by atomic mass is 10.2. The van der Waals surface area contributed by atoms with Gasteiger partial charge in [0.05, 0.1) is 11.3 Å². The Morgan fingerprint density at radius 1 is 1.05 bits per heavy atom. The molecule has 0 aliphatic rings. The molecular formula is C13H9FN2O3. The van der Waals surface area contributed by atoms with E-state index in [1.807, 2.05) is 0 Å². The van der Waals surface area contributed by atoms with Crippen molar-refractivity contribution in [1.82, 2.24) is 0 Å². The molecule has 0 spiro atoms. The predicted molar refractivity (Wildman–Crippen MR) is 67.3 cm³/mol. The Labute approximate surface area is 107 Å². The minimum Gasteiger partial charge on any atom is -0.338 e. The number of anilines is 1. The van der Waals surface area contributed by atoms with Crippen LogP contribution in [0.25, 0.3) is 0 Å². The van der Waals surface area contributed by atoms with E-state index in [2.05, 4.69) is 10.7 Å². The van der Waals surface area contributed by atoms with Crippen molar-refractivity contribution in [3.63, 3.8) is 0 Å². The Morgan fingerprint density at radius 2 is 1.68 bits per heavy atom. The highest BCUT2D eigenvalue weighted by atomic mass is 19.1. The standard InChI is InChI=1S/C13H9FN2O3/c14-10-3-1-9(2-4-10)13(17)19-16-12-7-5-11(15-18)6-8-12/h1-8,16H. The van der Waals surface area contributed by atoms with Crippen LogP contribution in [0.1, 0.15) is 10.4 Å². The first-order valence-electron chi connectivity index (χ1n) is 5.35. The zero-order valence-electron chi connectivity index (χ0n) is 9.67. The molecule has 0 fully saturated rings. The molecule has 0 saturated heterocycles. The number of nitrogens with zero attached hydrogens (tertiary/aromatic N) is 1. The minimum absolute atomic E-state index is 0.222. The molecule has 0 bridgehead atoms. The highest BCUT2D eigenvalue weighted by Gasteiger charge is 2.07. The van der Waals surface area contributed by atoms with Gasteiger partial charge in [0, 0.05) is 0 Å². The van der Waals surface area contributed by atoms with Crippen LogP contribution in [0.2, 0.25) is 0 Å². The molecule has 6 heteroatoms. The number of hydrogen-bond acceptors (Lipinski definition) is 5. The molecule has 0 aromatic heterocycles. The Hall–Kier alpha value is -2.76. The molecule has 0 saturated carbocycles. The van der Waals surface area contributed by atoms with Crippen molar-refractivity contribution in [3.05, 3.63) is 64.8 Å². The maximum atomic E-state index is 12.7. The second-order valence-electron chi connectivity index (χ2n) is 3.64. The van der Waals surface area contributed by atoms with E-state index >= 15 is 0 Å². The van der Waals surface area contributed by atoms with Gasteiger partial charge in [0.25, 0.3) is 0 Å². The van der Waals surface area contributed by atoms with Crippen LogP contribution in [0.5, 0.6) is 0 Å². The highest BCUT2D eigenvalue weighted by molar-refractivity contribution is 5.89. The molecule has 0 aliphatic carbocycles. The molecule has 0 amide bonds. The lowest BCUT2D eigenvalue weighted by Crippen LogP contribution is -2.10.